The van der Waals surface area contributed by atoms with Crippen LogP contribution < -0.4 is 5.32 Å². The number of hydrogen-bond acceptors (Lipinski definition) is 2. The van der Waals surface area contributed by atoms with Crippen molar-refractivity contribution in [2.24, 2.45) is 5.92 Å². The van der Waals surface area contributed by atoms with E-state index in [4.69, 9.17) is 0 Å². The summed E-state index contributed by atoms with van der Waals surface area (Å²) in [7, 11) is 0. The predicted molar refractivity (Wildman–Crippen MR) is 67.3 cm³/mol. The van der Waals surface area contributed by atoms with Crippen LogP contribution in [0.25, 0.3) is 0 Å². The Bertz CT molecular complexity index is 238. The lowest BCUT2D eigenvalue weighted by Crippen LogP contribution is -2.46. The van der Waals surface area contributed by atoms with Crippen LogP contribution in [0, 0.1) is 5.92 Å². The summed E-state index contributed by atoms with van der Waals surface area (Å²) in [6, 6.07) is 0.842. The number of amides is 1. The lowest BCUT2D eigenvalue weighted by atomic mass is 10.0. The lowest BCUT2D eigenvalue weighted by molar-refractivity contribution is -0.131. The molecule has 0 aromatic carbocycles. The molecule has 1 saturated heterocycles. The van der Waals surface area contributed by atoms with Crippen LogP contribution in [0.4, 0.5) is 0 Å². The largest absolute Gasteiger partial charge is 0.339 e. The minimum Gasteiger partial charge on any atom is -0.339 e. The Labute approximate surface area is 99.6 Å². The summed E-state index contributed by atoms with van der Waals surface area (Å²) in [5.41, 5.74) is 0. The first kappa shape index (κ1) is 13.5. The Hall–Kier alpha value is -0.570. The highest BCUT2D eigenvalue weighted by atomic mass is 16.2. The van der Waals surface area contributed by atoms with Crippen molar-refractivity contribution >= 4 is 5.91 Å². The Morgan fingerprint density at radius 1 is 1.38 bits per heavy atom. The minimum absolute atomic E-state index is 0.0507. The van der Waals surface area contributed by atoms with Gasteiger partial charge >= 0.3 is 0 Å². The first-order valence-corrected chi connectivity index (χ1v) is 6.53. The number of nitrogens with one attached hydrogen (secondary N) is 1. The summed E-state index contributed by atoms with van der Waals surface area (Å²) < 4.78 is 0. The highest BCUT2D eigenvalue weighted by Gasteiger charge is 2.34. The fraction of sp³-hybridized carbons (Fsp3) is 0.923. The average Bonchev–Trinajstić information content (AvgIpc) is 2.56. The van der Waals surface area contributed by atoms with E-state index in [1.54, 1.807) is 0 Å². The third-order valence-corrected chi connectivity index (χ3v) is 3.52. The van der Waals surface area contributed by atoms with Crippen molar-refractivity contribution in [2.45, 2.75) is 65.6 Å². The fourth-order valence-electron chi connectivity index (χ4n) is 2.41. The van der Waals surface area contributed by atoms with Gasteiger partial charge < -0.3 is 10.2 Å². The van der Waals surface area contributed by atoms with Crippen LogP contribution in [-0.2, 0) is 4.79 Å². The standard InChI is InChI=1S/C13H26N2O/c1-6-11(9(2)3)14-12-7-8-15(10(4)5)13(12)16/h9-12,14H,6-8H2,1-5H3. The van der Waals surface area contributed by atoms with Gasteiger partial charge in [0.15, 0.2) is 0 Å². The molecular formula is C13H26N2O. The number of rotatable bonds is 5. The van der Waals surface area contributed by atoms with Crippen molar-refractivity contribution in [3.05, 3.63) is 0 Å². The van der Waals surface area contributed by atoms with Crippen molar-refractivity contribution < 1.29 is 4.79 Å². The molecule has 0 aromatic rings. The Kier molecular flexibility index (Phi) is 4.78. The first-order valence-electron chi connectivity index (χ1n) is 6.53. The van der Waals surface area contributed by atoms with Crippen molar-refractivity contribution in [1.29, 1.82) is 0 Å². The molecule has 1 fully saturated rings. The summed E-state index contributed by atoms with van der Waals surface area (Å²) >= 11 is 0. The van der Waals surface area contributed by atoms with Crippen LogP contribution in [0.1, 0.15) is 47.5 Å². The summed E-state index contributed by atoms with van der Waals surface area (Å²) in [5.74, 6) is 0.875. The highest BCUT2D eigenvalue weighted by Crippen LogP contribution is 2.17. The highest BCUT2D eigenvalue weighted by molar-refractivity contribution is 5.84. The number of likely N-dealkylation sites (tertiary alicyclic amines) is 1. The van der Waals surface area contributed by atoms with E-state index in [2.05, 4.69) is 39.9 Å². The molecule has 1 aliphatic rings. The average molecular weight is 226 g/mol. The van der Waals surface area contributed by atoms with E-state index < -0.39 is 0 Å². The number of carbonyl (C=O) groups is 1. The summed E-state index contributed by atoms with van der Waals surface area (Å²) in [6.45, 7) is 11.7. The van der Waals surface area contributed by atoms with Crippen molar-refractivity contribution in [3.63, 3.8) is 0 Å². The van der Waals surface area contributed by atoms with Crippen LogP contribution in [-0.4, -0.2) is 35.5 Å². The topological polar surface area (TPSA) is 32.3 Å². The van der Waals surface area contributed by atoms with E-state index in [0.29, 0.717) is 18.0 Å². The maximum absolute atomic E-state index is 12.1. The molecule has 94 valence electrons. The van der Waals surface area contributed by atoms with Crippen LogP contribution in [0.2, 0.25) is 0 Å². The second kappa shape index (κ2) is 5.67. The van der Waals surface area contributed by atoms with E-state index in [-0.39, 0.29) is 11.9 Å². The van der Waals surface area contributed by atoms with Gasteiger partial charge in [0.1, 0.15) is 0 Å². The second-order valence-corrected chi connectivity index (χ2v) is 5.39. The van der Waals surface area contributed by atoms with E-state index in [1.807, 2.05) is 4.90 Å². The van der Waals surface area contributed by atoms with Gasteiger partial charge in [-0.25, -0.2) is 0 Å². The number of carbonyl (C=O) groups excluding carboxylic acids is 1. The van der Waals surface area contributed by atoms with Gasteiger partial charge in [-0.3, -0.25) is 4.79 Å². The molecule has 0 radical (unpaired) electrons. The lowest BCUT2D eigenvalue weighted by Gasteiger charge is -2.25. The third kappa shape index (κ3) is 2.97. The first-order chi connectivity index (χ1) is 7.47. The molecule has 1 N–H and O–H groups in total. The molecule has 2 atom stereocenters. The Morgan fingerprint density at radius 2 is 2.00 bits per heavy atom. The SMILES string of the molecule is CCC(NC1CCN(C(C)C)C1=O)C(C)C. The summed E-state index contributed by atoms with van der Waals surface area (Å²) in [5, 5.41) is 3.51. The van der Waals surface area contributed by atoms with Crippen LogP contribution in [0.15, 0.2) is 0 Å². The molecule has 0 bridgehead atoms. The molecule has 1 heterocycles. The third-order valence-electron chi connectivity index (χ3n) is 3.52. The molecular weight excluding hydrogens is 200 g/mol. The molecule has 16 heavy (non-hydrogen) atoms. The maximum atomic E-state index is 12.1. The predicted octanol–water partition coefficient (Wildman–Crippen LogP) is 2.02. The van der Waals surface area contributed by atoms with E-state index >= 15 is 0 Å². The van der Waals surface area contributed by atoms with Gasteiger partial charge in [-0.1, -0.05) is 20.8 Å². The molecule has 2 unspecified atom stereocenters. The van der Waals surface area contributed by atoms with Gasteiger partial charge in [0.05, 0.1) is 6.04 Å². The van der Waals surface area contributed by atoms with Gasteiger partial charge in [-0.2, -0.15) is 0 Å². The fourth-order valence-corrected chi connectivity index (χ4v) is 2.41. The zero-order valence-electron chi connectivity index (χ0n) is 11.3. The molecule has 1 rings (SSSR count). The molecule has 0 saturated carbocycles. The zero-order valence-corrected chi connectivity index (χ0v) is 11.3. The Balaban J connectivity index is 2.54. The van der Waals surface area contributed by atoms with Crippen LogP contribution >= 0.6 is 0 Å². The summed E-state index contributed by atoms with van der Waals surface area (Å²) in [6.07, 6.45) is 2.04. The minimum atomic E-state index is 0.0507. The van der Waals surface area contributed by atoms with Crippen molar-refractivity contribution in [1.82, 2.24) is 10.2 Å². The van der Waals surface area contributed by atoms with E-state index in [0.717, 1.165) is 19.4 Å². The molecule has 0 spiro atoms. The number of hydrogen-bond donors (Lipinski definition) is 1. The summed E-state index contributed by atoms with van der Waals surface area (Å²) in [4.78, 5) is 14.1. The van der Waals surface area contributed by atoms with Crippen LogP contribution in [0.5, 0.6) is 0 Å². The van der Waals surface area contributed by atoms with Crippen LogP contribution in [0.3, 0.4) is 0 Å². The van der Waals surface area contributed by atoms with E-state index in [9.17, 15) is 4.79 Å². The smallest absolute Gasteiger partial charge is 0.240 e. The molecule has 3 nitrogen and oxygen atoms in total. The van der Waals surface area contributed by atoms with Crippen molar-refractivity contribution in [2.75, 3.05) is 6.54 Å². The molecule has 3 heteroatoms. The van der Waals surface area contributed by atoms with Gasteiger partial charge in [0, 0.05) is 18.6 Å². The monoisotopic (exact) mass is 226 g/mol. The quantitative estimate of drug-likeness (QED) is 0.778. The maximum Gasteiger partial charge on any atom is 0.240 e. The van der Waals surface area contributed by atoms with Crippen molar-refractivity contribution in [3.8, 4) is 0 Å². The Morgan fingerprint density at radius 3 is 2.38 bits per heavy atom. The number of nitrogens with zero attached hydrogens (tertiary/aromatic N) is 1. The zero-order chi connectivity index (χ0) is 12.3. The van der Waals surface area contributed by atoms with Gasteiger partial charge in [-0.05, 0) is 32.6 Å². The van der Waals surface area contributed by atoms with E-state index in [1.165, 1.54) is 0 Å². The van der Waals surface area contributed by atoms with Gasteiger partial charge in [0.2, 0.25) is 5.91 Å². The van der Waals surface area contributed by atoms with Gasteiger partial charge in [-0.15, -0.1) is 0 Å². The molecule has 1 aliphatic heterocycles. The molecule has 0 aromatic heterocycles. The normalized spacial score (nSPS) is 23.6. The molecule has 0 aliphatic carbocycles. The second-order valence-electron chi connectivity index (χ2n) is 5.39. The van der Waals surface area contributed by atoms with Gasteiger partial charge in [0.25, 0.3) is 0 Å². The molecule has 1 amide bonds.